The molecule has 0 N–H and O–H groups in total. The number of unbranched alkanes of at least 4 members (excludes halogenated alkanes) is 1. The first-order valence-corrected chi connectivity index (χ1v) is 12.1. The van der Waals surface area contributed by atoms with Gasteiger partial charge in [-0.2, -0.15) is 0 Å². The van der Waals surface area contributed by atoms with Crippen LogP contribution in [0.5, 0.6) is 0 Å². The van der Waals surface area contributed by atoms with Crippen molar-refractivity contribution in [2.75, 3.05) is 6.61 Å². The summed E-state index contributed by atoms with van der Waals surface area (Å²) < 4.78 is 34.1. The van der Waals surface area contributed by atoms with Crippen molar-refractivity contribution in [3.63, 3.8) is 0 Å². The summed E-state index contributed by atoms with van der Waals surface area (Å²) in [5.41, 5.74) is 1.80. The fraction of sp³-hybridized carbons (Fsp3) is 0.630. The van der Waals surface area contributed by atoms with Crippen molar-refractivity contribution in [3.05, 3.63) is 53.1 Å². The Morgan fingerprint density at radius 2 is 1.73 bits per heavy atom. The predicted octanol–water partition coefficient (Wildman–Crippen LogP) is 8.16. The third-order valence-electron chi connectivity index (χ3n) is 7.51. The highest BCUT2D eigenvalue weighted by Gasteiger charge is 2.32. The summed E-state index contributed by atoms with van der Waals surface area (Å²) in [6.07, 6.45) is 20.1. The smallest absolute Gasteiger partial charge is 0.166 e. The second-order valence-corrected chi connectivity index (χ2v) is 9.53. The molecule has 0 radical (unpaired) electrons. The normalized spacial score (nSPS) is 29.2. The highest BCUT2D eigenvalue weighted by Crippen LogP contribution is 2.43. The van der Waals surface area contributed by atoms with Gasteiger partial charge in [0.15, 0.2) is 11.6 Å². The zero-order valence-electron chi connectivity index (χ0n) is 18.3. The van der Waals surface area contributed by atoms with Crippen LogP contribution < -0.4 is 0 Å². The van der Waals surface area contributed by atoms with Gasteiger partial charge in [0, 0.05) is 11.1 Å². The van der Waals surface area contributed by atoms with Gasteiger partial charge in [0.05, 0.1) is 6.61 Å². The Bertz CT molecular complexity index is 769. The van der Waals surface area contributed by atoms with E-state index < -0.39 is 11.6 Å². The molecule has 1 saturated carbocycles. The highest BCUT2D eigenvalue weighted by atomic mass is 19.2. The highest BCUT2D eigenvalue weighted by molar-refractivity contribution is 5.67. The number of epoxide rings is 1. The molecule has 1 aromatic carbocycles. The van der Waals surface area contributed by atoms with E-state index in [0.717, 1.165) is 36.7 Å². The minimum absolute atomic E-state index is 0.249. The van der Waals surface area contributed by atoms with Gasteiger partial charge in [-0.05, 0) is 74.7 Å². The Hall–Kier alpha value is -1.48. The van der Waals surface area contributed by atoms with Crippen molar-refractivity contribution < 1.29 is 13.5 Å². The molecule has 0 aromatic heterocycles. The Morgan fingerprint density at radius 3 is 2.40 bits per heavy atom. The Kier molecular flexibility index (Phi) is 7.41. The van der Waals surface area contributed by atoms with E-state index in [1.165, 1.54) is 51.4 Å². The average Bonchev–Trinajstić information content (AvgIpc) is 3.61. The van der Waals surface area contributed by atoms with E-state index in [4.69, 9.17) is 4.74 Å². The van der Waals surface area contributed by atoms with Crippen LogP contribution in [-0.4, -0.2) is 6.61 Å². The van der Waals surface area contributed by atoms with Crippen LogP contribution in [0.15, 0.2) is 30.4 Å². The fourth-order valence-electron chi connectivity index (χ4n) is 5.50. The number of hydrogen-bond acceptors (Lipinski definition) is 1. The molecule has 0 spiro atoms. The number of allylic oxidation sites excluding steroid dienone is 4. The summed E-state index contributed by atoms with van der Waals surface area (Å²) in [6, 6.07) is 3.46. The van der Waals surface area contributed by atoms with Crippen LogP contribution in [0.3, 0.4) is 0 Å². The van der Waals surface area contributed by atoms with Crippen LogP contribution >= 0.6 is 0 Å². The molecule has 2 atom stereocenters. The summed E-state index contributed by atoms with van der Waals surface area (Å²) in [6.45, 7) is 2.72. The van der Waals surface area contributed by atoms with Crippen LogP contribution in [0.4, 0.5) is 8.78 Å². The zero-order valence-corrected chi connectivity index (χ0v) is 18.3. The average molecular weight is 415 g/mol. The van der Waals surface area contributed by atoms with Crippen LogP contribution in [0.1, 0.15) is 94.8 Å². The predicted molar refractivity (Wildman–Crippen MR) is 119 cm³/mol. The van der Waals surface area contributed by atoms with Gasteiger partial charge in [-0.1, -0.05) is 56.5 Å². The molecule has 1 nitrogen and oxygen atoms in total. The van der Waals surface area contributed by atoms with Crippen LogP contribution in [0.25, 0.3) is 5.57 Å². The molecule has 164 valence electrons. The van der Waals surface area contributed by atoms with Crippen molar-refractivity contribution >= 4 is 5.57 Å². The monoisotopic (exact) mass is 414 g/mol. The molecule has 1 aliphatic heterocycles. The number of benzene rings is 1. The van der Waals surface area contributed by atoms with E-state index in [0.29, 0.717) is 23.7 Å². The van der Waals surface area contributed by atoms with E-state index in [1.807, 2.05) is 0 Å². The lowest BCUT2D eigenvalue weighted by Crippen LogP contribution is -2.23. The van der Waals surface area contributed by atoms with E-state index in [1.54, 1.807) is 12.1 Å². The maximum Gasteiger partial charge on any atom is 0.166 e. The molecule has 0 amide bonds. The minimum atomic E-state index is -0.721. The van der Waals surface area contributed by atoms with E-state index in [-0.39, 0.29) is 6.10 Å². The van der Waals surface area contributed by atoms with Gasteiger partial charge in [-0.3, -0.25) is 0 Å². The summed E-state index contributed by atoms with van der Waals surface area (Å²) in [4.78, 5) is 0. The van der Waals surface area contributed by atoms with Gasteiger partial charge in [-0.15, -0.1) is 0 Å². The summed E-state index contributed by atoms with van der Waals surface area (Å²) in [5, 5.41) is 0. The largest absolute Gasteiger partial charge is 0.368 e. The summed E-state index contributed by atoms with van der Waals surface area (Å²) in [7, 11) is 0. The number of hydrogen-bond donors (Lipinski definition) is 0. The molecule has 3 heteroatoms. The van der Waals surface area contributed by atoms with Crippen LogP contribution in [0, 0.1) is 29.4 Å². The quantitative estimate of drug-likeness (QED) is 0.309. The summed E-state index contributed by atoms with van der Waals surface area (Å²) in [5.74, 6) is 1.01. The van der Waals surface area contributed by atoms with Gasteiger partial charge < -0.3 is 4.74 Å². The van der Waals surface area contributed by atoms with Gasteiger partial charge in [0.2, 0.25) is 0 Å². The molecule has 3 aliphatic rings. The van der Waals surface area contributed by atoms with Crippen molar-refractivity contribution in [3.8, 4) is 0 Å². The lowest BCUT2D eigenvalue weighted by molar-refractivity contribution is 0.190. The first-order valence-electron chi connectivity index (χ1n) is 12.1. The lowest BCUT2D eigenvalue weighted by Gasteiger charge is -2.35. The Morgan fingerprint density at radius 1 is 0.967 bits per heavy atom. The second kappa shape index (κ2) is 10.2. The molecule has 2 unspecified atom stereocenters. The number of ether oxygens (including phenoxy) is 1. The molecule has 4 rings (SSSR count). The maximum atomic E-state index is 14.6. The molecule has 1 saturated heterocycles. The van der Waals surface area contributed by atoms with E-state index >= 15 is 0 Å². The molecule has 1 heterocycles. The molecular weight excluding hydrogens is 378 g/mol. The van der Waals surface area contributed by atoms with Crippen LogP contribution in [0.2, 0.25) is 0 Å². The first kappa shape index (κ1) is 21.7. The van der Waals surface area contributed by atoms with Gasteiger partial charge in [-0.25, -0.2) is 8.78 Å². The Balaban J connectivity index is 1.27. The second-order valence-electron chi connectivity index (χ2n) is 9.53. The molecule has 0 bridgehead atoms. The molecule has 2 fully saturated rings. The summed E-state index contributed by atoms with van der Waals surface area (Å²) >= 11 is 0. The molecular formula is C27H36F2O. The maximum absolute atomic E-state index is 14.6. The van der Waals surface area contributed by atoms with Crippen molar-refractivity contribution in [1.82, 2.24) is 0 Å². The third-order valence-corrected chi connectivity index (χ3v) is 7.51. The fourth-order valence-corrected chi connectivity index (χ4v) is 5.50. The van der Waals surface area contributed by atoms with Gasteiger partial charge in [0.1, 0.15) is 6.10 Å². The lowest BCUT2D eigenvalue weighted by atomic mass is 9.70. The zero-order chi connectivity index (χ0) is 20.9. The number of rotatable bonds is 8. The minimum Gasteiger partial charge on any atom is -0.368 e. The van der Waals surface area contributed by atoms with Crippen molar-refractivity contribution in [2.45, 2.75) is 83.7 Å². The Labute approximate surface area is 180 Å². The standard InChI is InChI=1S/C27H36F2O/c1-2-3-4-5-6-7-19-8-10-20(11-9-19)21-12-14-22(15-13-21)23-16-17-24(25-18-30-25)27(29)26(23)28/h4-5,14,16-17,19-21,25H,2-3,6-13,15,18H2,1H3/b5-4+. The molecule has 1 aromatic rings. The number of halogens is 2. The van der Waals surface area contributed by atoms with E-state index in [9.17, 15) is 8.78 Å². The topological polar surface area (TPSA) is 12.5 Å². The molecule has 30 heavy (non-hydrogen) atoms. The van der Waals surface area contributed by atoms with Gasteiger partial charge >= 0.3 is 0 Å². The van der Waals surface area contributed by atoms with E-state index in [2.05, 4.69) is 25.2 Å². The van der Waals surface area contributed by atoms with Crippen molar-refractivity contribution in [2.24, 2.45) is 17.8 Å². The third kappa shape index (κ3) is 5.22. The first-order chi connectivity index (χ1) is 14.7. The van der Waals surface area contributed by atoms with Crippen LogP contribution in [-0.2, 0) is 4.74 Å². The van der Waals surface area contributed by atoms with Gasteiger partial charge in [0.25, 0.3) is 0 Å². The van der Waals surface area contributed by atoms with Crippen molar-refractivity contribution in [1.29, 1.82) is 0 Å². The molecule has 2 aliphatic carbocycles. The SMILES string of the molecule is CCC/C=C/CCC1CCC(C2CC=C(c3ccc(C4CO4)c(F)c3F)CC2)CC1.